The van der Waals surface area contributed by atoms with Crippen LogP contribution in [0.3, 0.4) is 0 Å². The third-order valence-corrected chi connectivity index (χ3v) is 2.39. The van der Waals surface area contributed by atoms with Gasteiger partial charge < -0.3 is 4.90 Å². The zero-order valence-electron chi connectivity index (χ0n) is 8.14. The zero-order valence-corrected chi connectivity index (χ0v) is 8.14. The fourth-order valence-electron chi connectivity index (χ4n) is 1.62. The summed E-state index contributed by atoms with van der Waals surface area (Å²) < 4.78 is 0. The van der Waals surface area contributed by atoms with Crippen molar-refractivity contribution in [2.24, 2.45) is 0 Å². The normalized spacial score (nSPS) is 19.7. The van der Waals surface area contributed by atoms with Gasteiger partial charge in [-0.1, -0.05) is 6.92 Å². The number of nitrogens with zero attached hydrogens (tertiary/aromatic N) is 2. The lowest BCUT2D eigenvalue weighted by molar-refractivity contribution is 0.181. The first-order valence-electron chi connectivity index (χ1n) is 4.76. The SMILES string of the molecule is CCCN1CCN(C(C)=N)CC1. The Labute approximate surface area is 74.9 Å². The molecule has 3 heteroatoms. The van der Waals surface area contributed by atoms with Crippen molar-refractivity contribution in [2.45, 2.75) is 20.3 Å². The van der Waals surface area contributed by atoms with Gasteiger partial charge in [-0.3, -0.25) is 10.3 Å². The van der Waals surface area contributed by atoms with Crippen LogP contribution in [-0.2, 0) is 0 Å². The summed E-state index contributed by atoms with van der Waals surface area (Å²) in [6.45, 7) is 9.63. The van der Waals surface area contributed by atoms with E-state index in [4.69, 9.17) is 5.41 Å². The van der Waals surface area contributed by atoms with Gasteiger partial charge in [0.15, 0.2) is 0 Å². The number of nitrogens with one attached hydrogen (secondary N) is 1. The molecule has 1 fully saturated rings. The van der Waals surface area contributed by atoms with E-state index in [2.05, 4.69) is 16.7 Å². The maximum atomic E-state index is 7.46. The third kappa shape index (κ3) is 2.48. The van der Waals surface area contributed by atoms with Gasteiger partial charge in [-0.2, -0.15) is 0 Å². The van der Waals surface area contributed by atoms with Crippen LogP contribution in [0.1, 0.15) is 20.3 Å². The molecule has 0 aliphatic carbocycles. The highest BCUT2D eigenvalue weighted by Crippen LogP contribution is 2.02. The van der Waals surface area contributed by atoms with Crippen molar-refractivity contribution in [2.75, 3.05) is 32.7 Å². The van der Waals surface area contributed by atoms with Crippen LogP contribution in [0.15, 0.2) is 0 Å². The van der Waals surface area contributed by atoms with Crippen LogP contribution < -0.4 is 0 Å². The minimum Gasteiger partial charge on any atom is -0.358 e. The number of rotatable bonds is 2. The molecule has 70 valence electrons. The summed E-state index contributed by atoms with van der Waals surface area (Å²) in [5, 5.41) is 7.46. The molecule has 3 nitrogen and oxygen atoms in total. The maximum Gasteiger partial charge on any atom is 0.0926 e. The van der Waals surface area contributed by atoms with E-state index in [1.165, 1.54) is 13.0 Å². The van der Waals surface area contributed by atoms with Crippen LogP contribution in [0.5, 0.6) is 0 Å². The molecular weight excluding hydrogens is 150 g/mol. The van der Waals surface area contributed by atoms with Crippen LogP contribution in [0, 0.1) is 5.41 Å². The molecule has 0 aromatic heterocycles. The molecule has 0 aromatic carbocycles. The molecule has 1 heterocycles. The van der Waals surface area contributed by atoms with Gasteiger partial charge >= 0.3 is 0 Å². The lowest BCUT2D eigenvalue weighted by atomic mass is 10.3. The molecular formula is C9H19N3. The molecule has 0 unspecified atom stereocenters. The van der Waals surface area contributed by atoms with Gasteiger partial charge in [0.2, 0.25) is 0 Å². The summed E-state index contributed by atoms with van der Waals surface area (Å²) in [5.41, 5.74) is 0. The highest BCUT2D eigenvalue weighted by atomic mass is 15.3. The molecule has 12 heavy (non-hydrogen) atoms. The first-order valence-corrected chi connectivity index (χ1v) is 4.76. The maximum absolute atomic E-state index is 7.46. The Hall–Kier alpha value is -0.570. The van der Waals surface area contributed by atoms with Crippen LogP contribution in [-0.4, -0.2) is 48.4 Å². The van der Waals surface area contributed by atoms with Crippen LogP contribution in [0.25, 0.3) is 0 Å². The highest BCUT2D eigenvalue weighted by Gasteiger charge is 2.15. The minimum absolute atomic E-state index is 0.714. The van der Waals surface area contributed by atoms with Crippen molar-refractivity contribution >= 4 is 5.84 Å². The molecule has 1 N–H and O–H groups in total. The standard InChI is InChI=1S/C9H19N3/c1-3-4-11-5-7-12(8-6-11)9(2)10/h10H,3-8H2,1-2H3. The van der Waals surface area contributed by atoms with Gasteiger partial charge in [0.25, 0.3) is 0 Å². The summed E-state index contributed by atoms with van der Waals surface area (Å²) >= 11 is 0. The third-order valence-electron chi connectivity index (χ3n) is 2.39. The smallest absolute Gasteiger partial charge is 0.0926 e. The van der Waals surface area contributed by atoms with Crippen LogP contribution in [0.2, 0.25) is 0 Å². The Morgan fingerprint density at radius 2 is 1.83 bits per heavy atom. The second-order valence-corrected chi connectivity index (χ2v) is 3.41. The average Bonchev–Trinajstić information content (AvgIpc) is 2.06. The second kappa shape index (κ2) is 4.45. The molecule has 0 atom stereocenters. The average molecular weight is 169 g/mol. The fourth-order valence-corrected chi connectivity index (χ4v) is 1.62. The molecule has 0 aromatic rings. The first-order chi connectivity index (χ1) is 5.74. The number of hydrogen-bond acceptors (Lipinski definition) is 2. The molecule has 1 rings (SSSR count). The van der Waals surface area contributed by atoms with Crippen LogP contribution >= 0.6 is 0 Å². The van der Waals surface area contributed by atoms with Crippen molar-refractivity contribution in [1.29, 1.82) is 5.41 Å². The largest absolute Gasteiger partial charge is 0.358 e. The zero-order chi connectivity index (χ0) is 8.97. The van der Waals surface area contributed by atoms with Gasteiger partial charge in [0, 0.05) is 26.2 Å². The topological polar surface area (TPSA) is 30.3 Å². The Morgan fingerprint density at radius 3 is 2.25 bits per heavy atom. The first kappa shape index (κ1) is 9.52. The van der Waals surface area contributed by atoms with E-state index in [0.717, 1.165) is 26.2 Å². The van der Waals surface area contributed by atoms with Crippen molar-refractivity contribution in [3.63, 3.8) is 0 Å². The summed E-state index contributed by atoms with van der Waals surface area (Å²) in [7, 11) is 0. The summed E-state index contributed by atoms with van der Waals surface area (Å²) in [6.07, 6.45) is 1.24. The van der Waals surface area contributed by atoms with E-state index >= 15 is 0 Å². The molecule has 0 saturated carbocycles. The van der Waals surface area contributed by atoms with E-state index < -0.39 is 0 Å². The van der Waals surface area contributed by atoms with Gasteiger partial charge in [-0.25, -0.2) is 0 Å². The molecule has 1 aliphatic rings. The minimum atomic E-state index is 0.714. The fraction of sp³-hybridized carbons (Fsp3) is 0.889. The van der Waals surface area contributed by atoms with Gasteiger partial charge in [0.1, 0.15) is 0 Å². The molecule has 0 spiro atoms. The number of amidine groups is 1. The van der Waals surface area contributed by atoms with Crippen molar-refractivity contribution in [1.82, 2.24) is 9.80 Å². The number of hydrogen-bond donors (Lipinski definition) is 1. The molecule has 0 radical (unpaired) electrons. The highest BCUT2D eigenvalue weighted by molar-refractivity contribution is 5.76. The second-order valence-electron chi connectivity index (χ2n) is 3.41. The Morgan fingerprint density at radius 1 is 1.25 bits per heavy atom. The van der Waals surface area contributed by atoms with E-state index in [1.54, 1.807) is 0 Å². The Bertz CT molecular complexity index is 148. The van der Waals surface area contributed by atoms with Gasteiger partial charge in [-0.05, 0) is 19.9 Å². The summed E-state index contributed by atoms with van der Waals surface area (Å²) in [4.78, 5) is 4.62. The van der Waals surface area contributed by atoms with Gasteiger partial charge in [-0.15, -0.1) is 0 Å². The van der Waals surface area contributed by atoms with E-state index in [0.29, 0.717) is 5.84 Å². The van der Waals surface area contributed by atoms with Crippen LogP contribution in [0.4, 0.5) is 0 Å². The molecule has 0 amide bonds. The van der Waals surface area contributed by atoms with Crippen molar-refractivity contribution in [3.05, 3.63) is 0 Å². The predicted molar refractivity (Wildman–Crippen MR) is 51.7 cm³/mol. The Kier molecular flexibility index (Phi) is 3.53. The predicted octanol–water partition coefficient (Wildman–Crippen LogP) is 1.01. The summed E-state index contributed by atoms with van der Waals surface area (Å²) in [6, 6.07) is 0. The number of piperazine rings is 1. The van der Waals surface area contributed by atoms with Gasteiger partial charge in [0.05, 0.1) is 5.84 Å². The lowest BCUT2D eigenvalue weighted by Crippen LogP contribution is -2.47. The van der Waals surface area contributed by atoms with Crippen molar-refractivity contribution < 1.29 is 0 Å². The van der Waals surface area contributed by atoms with Crippen molar-refractivity contribution in [3.8, 4) is 0 Å². The van der Waals surface area contributed by atoms with E-state index in [1.807, 2.05) is 6.92 Å². The van der Waals surface area contributed by atoms with E-state index in [-0.39, 0.29) is 0 Å². The molecule has 1 aliphatic heterocycles. The quantitative estimate of drug-likeness (QED) is 0.494. The Balaban J connectivity index is 2.25. The van der Waals surface area contributed by atoms with E-state index in [9.17, 15) is 0 Å². The molecule has 0 bridgehead atoms. The monoisotopic (exact) mass is 169 g/mol. The summed E-state index contributed by atoms with van der Waals surface area (Å²) in [5.74, 6) is 0.714. The molecule has 1 saturated heterocycles. The lowest BCUT2D eigenvalue weighted by Gasteiger charge is -2.35.